The molecule has 20 heavy (non-hydrogen) atoms. The van der Waals surface area contributed by atoms with Gasteiger partial charge in [-0.1, -0.05) is 27.2 Å². The first-order valence-corrected chi connectivity index (χ1v) is 7.47. The standard InChI is InChI=1S/C17H25F2N/c1-16(2,3)12-5-4-9-17(20,10-8-12)14-11-13(18)6-7-15(14)19/h6-7,11-12H,4-5,8-10,20H2,1-3H3. The fraction of sp³-hybridized carbons (Fsp3) is 0.647. The average Bonchev–Trinajstić information content (AvgIpc) is 2.55. The monoisotopic (exact) mass is 281 g/mol. The fourth-order valence-electron chi connectivity index (χ4n) is 3.38. The van der Waals surface area contributed by atoms with Crippen molar-refractivity contribution < 1.29 is 8.78 Å². The Kier molecular flexibility index (Phi) is 4.19. The summed E-state index contributed by atoms with van der Waals surface area (Å²) in [7, 11) is 0. The highest BCUT2D eigenvalue weighted by atomic mass is 19.1. The van der Waals surface area contributed by atoms with Crippen molar-refractivity contribution in [3.8, 4) is 0 Å². The third-order valence-corrected chi connectivity index (χ3v) is 4.80. The Hall–Kier alpha value is -0.960. The van der Waals surface area contributed by atoms with Crippen LogP contribution in [0.4, 0.5) is 8.78 Å². The van der Waals surface area contributed by atoms with Crippen LogP contribution in [0.25, 0.3) is 0 Å². The SMILES string of the molecule is CC(C)(C)C1CCCC(N)(c2cc(F)ccc2F)CC1. The summed E-state index contributed by atoms with van der Waals surface area (Å²) in [5.41, 5.74) is 6.30. The van der Waals surface area contributed by atoms with Gasteiger partial charge in [-0.3, -0.25) is 0 Å². The maximum atomic E-state index is 14.0. The molecule has 0 aliphatic heterocycles. The molecule has 0 aromatic heterocycles. The van der Waals surface area contributed by atoms with Crippen LogP contribution in [0.2, 0.25) is 0 Å². The molecule has 1 saturated carbocycles. The summed E-state index contributed by atoms with van der Waals surface area (Å²) in [6.07, 6.45) is 4.49. The highest BCUT2D eigenvalue weighted by Gasteiger charge is 2.36. The second kappa shape index (κ2) is 5.44. The molecule has 112 valence electrons. The van der Waals surface area contributed by atoms with Crippen molar-refractivity contribution in [1.82, 2.24) is 0 Å². The Morgan fingerprint density at radius 1 is 1.15 bits per heavy atom. The van der Waals surface area contributed by atoms with Gasteiger partial charge in [0, 0.05) is 11.1 Å². The molecular weight excluding hydrogens is 256 g/mol. The Labute approximate surface area is 120 Å². The first kappa shape index (κ1) is 15.4. The molecule has 1 aliphatic carbocycles. The Morgan fingerprint density at radius 2 is 1.85 bits per heavy atom. The van der Waals surface area contributed by atoms with Crippen molar-refractivity contribution >= 4 is 0 Å². The van der Waals surface area contributed by atoms with Crippen LogP contribution < -0.4 is 5.73 Å². The van der Waals surface area contributed by atoms with Gasteiger partial charge in [0.2, 0.25) is 0 Å². The summed E-state index contributed by atoms with van der Waals surface area (Å²) in [6.45, 7) is 6.72. The highest BCUT2D eigenvalue weighted by Crippen LogP contribution is 2.42. The van der Waals surface area contributed by atoms with Crippen LogP contribution in [-0.4, -0.2) is 0 Å². The molecule has 2 unspecified atom stereocenters. The summed E-state index contributed by atoms with van der Waals surface area (Å²) < 4.78 is 27.4. The van der Waals surface area contributed by atoms with Crippen LogP contribution >= 0.6 is 0 Å². The van der Waals surface area contributed by atoms with Crippen molar-refractivity contribution in [2.75, 3.05) is 0 Å². The maximum Gasteiger partial charge on any atom is 0.128 e. The molecular formula is C17H25F2N. The van der Waals surface area contributed by atoms with E-state index >= 15 is 0 Å². The lowest BCUT2D eigenvalue weighted by Crippen LogP contribution is -2.37. The van der Waals surface area contributed by atoms with Gasteiger partial charge in [-0.15, -0.1) is 0 Å². The molecule has 1 nitrogen and oxygen atoms in total. The first-order valence-electron chi connectivity index (χ1n) is 7.47. The third kappa shape index (κ3) is 3.20. The minimum absolute atomic E-state index is 0.242. The van der Waals surface area contributed by atoms with Gasteiger partial charge in [-0.25, -0.2) is 8.78 Å². The van der Waals surface area contributed by atoms with Crippen molar-refractivity contribution in [2.45, 2.75) is 58.4 Å². The van der Waals surface area contributed by atoms with E-state index in [1.165, 1.54) is 12.1 Å². The second-order valence-corrected chi connectivity index (χ2v) is 7.27. The average molecular weight is 281 g/mol. The topological polar surface area (TPSA) is 26.0 Å². The zero-order valence-electron chi connectivity index (χ0n) is 12.7. The molecule has 0 saturated heterocycles. The number of rotatable bonds is 1. The number of benzene rings is 1. The molecule has 0 heterocycles. The third-order valence-electron chi connectivity index (χ3n) is 4.80. The molecule has 3 heteroatoms. The van der Waals surface area contributed by atoms with Crippen LogP contribution in [0.15, 0.2) is 18.2 Å². The lowest BCUT2D eigenvalue weighted by molar-refractivity contribution is 0.210. The lowest BCUT2D eigenvalue weighted by Gasteiger charge is -2.32. The van der Waals surface area contributed by atoms with Crippen LogP contribution in [0.1, 0.15) is 58.4 Å². The van der Waals surface area contributed by atoms with Crippen molar-refractivity contribution in [3.05, 3.63) is 35.4 Å². The van der Waals surface area contributed by atoms with Crippen molar-refractivity contribution in [2.24, 2.45) is 17.1 Å². The predicted octanol–water partition coefficient (Wildman–Crippen LogP) is 4.75. The molecule has 1 aliphatic rings. The number of hydrogen-bond acceptors (Lipinski definition) is 1. The molecule has 2 rings (SSSR count). The van der Waals surface area contributed by atoms with Gasteiger partial charge in [-0.05, 0) is 55.2 Å². The normalized spacial score (nSPS) is 28.2. The van der Waals surface area contributed by atoms with Gasteiger partial charge in [0.1, 0.15) is 11.6 Å². The van der Waals surface area contributed by atoms with E-state index in [0.29, 0.717) is 11.5 Å². The molecule has 0 spiro atoms. The van der Waals surface area contributed by atoms with E-state index in [-0.39, 0.29) is 11.2 Å². The summed E-state index contributed by atoms with van der Waals surface area (Å²) in [5, 5.41) is 0. The molecule has 1 aromatic carbocycles. The Balaban J connectivity index is 2.25. The fourth-order valence-corrected chi connectivity index (χ4v) is 3.38. The Morgan fingerprint density at radius 3 is 2.50 bits per heavy atom. The van der Waals surface area contributed by atoms with Gasteiger partial charge in [-0.2, -0.15) is 0 Å². The summed E-state index contributed by atoms with van der Waals surface area (Å²) in [6, 6.07) is 3.61. The van der Waals surface area contributed by atoms with Gasteiger partial charge in [0.15, 0.2) is 0 Å². The van der Waals surface area contributed by atoms with Crippen LogP contribution in [0, 0.1) is 23.0 Å². The van der Waals surface area contributed by atoms with Gasteiger partial charge >= 0.3 is 0 Å². The quantitative estimate of drug-likeness (QED) is 0.739. The van der Waals surface area contributed by atoms with E-state index in [9.17, 15) is 8.78 Å². The molecule has 0 bridgehead atoms. The summed E-state index contributed by atoms with van der Waals surface area (Å²) in [4.78, 5) is 0. The molecule has 2 atom stereocenters. The first-order chi connectivity index (χ1) is 9.22. The molecule has 0 amide bonds. The van der Waals surface area contributed by atoms with E-state index in [0.717, 1.165) is 38.2 Å². The lowest BCUT2D eigenvalue weighted by atomic mass is 9.75. The van der Waals surface area contributed by atoms with Crippen LogP contribution in [-0.2, 0) is 5.54 Å². The smallest absolute Gasteiger partial charge is 0.128 e. The van der Waals surface area contributed by atoms with E-state index in [2.05, 4.69) is 20.8 Å². The van der Waals surface area contributed by atoms with Crippen molar-refractivity contribution in [3.63, 3.8) is 0 Å². The number of halogens is 2. The van der Waals surface area contributed by atoms with E-state index in [1.807, 2.05) is 0 Å². The van der Waals surface area contributed by atoms with Crippen molar-refractivity contribution in [1.29, 1.82) is 0 Å². The second-order valence-electron chi connectivity index (χ2n) is 7.27. The van der Waals surface area contributed by atoms with Gasteiger partial charge in [0.25, 0.3) is 0 Å². The highest BCUT2D eigenvalue weighted by molar-refractivity contribution is 5.27. The van der Waals surface area contributed by atoms with Gasteiger partial charge < -0.3 is 5.73 Å². The minimum Gasteiger partial charge on any atom is -0.321 e. The van der Waals surface area contributed by atoms with E-state index in [4.69, 9.17) is 5.73 Å². The summed E-state index contributed by atoms with van der Waals surface area (Å²) >= 11 is 0. The zero-order chi connectivity index (χ0) is 15.0. The van der Waals surface area contributed by atoms with Crippen LogP contribution in [0.5, 0.6) is 0 Å². The van der Waals surface area contributed by atoms with Gasteiger partial charge in [0.05, 0.1) is 0 Å². The van der Waals surface area contributed by atoms with E-state index in [1.54, 1.807) is 0 Å². The van der Waals surface area contributed by atoms with Crippen LogP contribution in [0.3, 0.4) is 0 Å². The number of nitrogens with two attached hydrogens (primary N) is 1. The van der Waals surface area contributed by atoms with E-state index < -0.39 is 11.4 Å². The molecule has 1 aromatic rings. The molecule has 2 N–H and O–H groups in total. The Bertz CT molecular complexity index is 478. The minimum atomic E-state index is -0.730. The predicted molar refractivity (Wildman–Crippen MR) is 78.3 cm³/mol. The zero-order valence-corrected chi connectivity index (χ0v) is 12.7. The molecule has 0 radical (unpaired) electrons. The number of hydrogen-bond donors (Lipinski definition) is 1. The maximum absolute atomic E-state index is 14.0. The largest absolute Gasteiger partial charge is 0.321 e. The summed E-state index contributed by atoms with van der Waals surface area (Å²) in [5.74, 6) is -0.213. The molecule has 1 fully saturated rings.